The summed E-state index contributed by atoms with van der Waals surface area (Å²) in [4.78, 5) is 21.2. The van der Waals surface area contributed by atoms with Crippen LogP contribution in [-0.4, -0.2) is 64.4 Å². The lowest BCUT2D eigenvalue weighted by Crippen LogP contribution is -2.49. The van der Waals surface area contributed by atoms with Crippen molar-refractivity contribution in [2.75, 3.05) is 43.9 Å². The maximum absolute atomic E-state index is 14.1. The van der Waals surface area contributed by atoms with Gasteiger partial charge in [-0.3, -0.25) is 4.79 Å². The van der Waals surface area contributed by atoms with Crippen LogP contribution in [0.4, 0.5) is 10.1 Å². The van der Waals surface area contributed by atoms with Crippen LogP contribution in [0.3, 0.4) is 0 Å². The predicted octanol–water partition coefficient (Wildman–Crippen LogP) is 3.98. The van der Waals surface area contributed by atoms with Crippen LogP contribution in [0.1, 0.15) is 0 Å². The lowest BCUT2D eigenvalue weighted by Gasteiger charge is -2.36. The molecule has 0 radical (unpaired) electrons. The summed E-state index contributed by atoms with van der Waals surface area (Å²) in [6, 6.07) is 16.5. The third-order valence-electron chi connectivity index (χ3n) is 5.90. The number of ether oxygens (including phenoxy) is 1. The number of rotatable bonds is 6. The quantitative estimate of drug-likeness (QED) is 0.392. The maximum atomic E-state index is 14.1. The number of hydrogen-bond acceptors (Lipinski definition) is 6. The molecule has 7 nitrogen and oxygen atoms in total. The monoisotopic (exact) mass is 477 g/mol. The van der Waals surface area contributed by atoms with Gasteiger partial charge in [0.2, 0.25) is 5.91 Å². The zero-order valence-electron chi connectivity index (χ0n) is 18.7. The van der Waals surface area contributed by atoms with Crippen molar-refractivity contribution in [1.29, 1.82) is 0 Å². The number of anilines is 1. The van der Waals surface area contributed by atoms with Crippen molar-refractivity contribution >= 4 is 28.9 Å². The molecule has 174 valence electrons. The predicted molar refractivity (Wildman–Crippen MR) is 131 cm³/mol. The Labute approximate surface area is 201 Å². The molecule has 0 N–H and O–H groups in total. The van der Waals surface area contributed by atoms with Gasteiger partial charge in [-0.25, -0.2) is 13.9 Å². The highest BCUT2D eigenvalue weighted by Crippen LogP contribution is 2.27. The van der Waals surface area contributed by atoms with E-state index in [1.807, 2.05) is 46.2 Å². The number of amides is 1. The SMILES string of the molecule is COc1ccc(-c2cc3c(SCC(=O)N4CCN(c5ccccc5F)CC4)nccn3n2)cc1. The minimum absolute atomic E-state index is 0.0527. The number of carbonyl (C=O) groups excluding carboxylic acids is 1. The fourth-order valence-corrected chi connectivity index (χ4v) is 4.92. The number of nitrogens with zero attached hydrogens (tertiary/aromatic N) is 5. The van der Waals surface area contributed by atoms with Crippen LogP contribution in [0.2, 0.25) is 0 Å². The van der Waals surface area contributed by atoms with Crippen molar-refractivity contribution in [3.8, 4) is 17.0 Å². The van der Waals surface area contributed by atoms with E-state index in [1.165, 1.54) is 17.8 Å². The van der Waals surface area contributed by atoms with Gasteiger partial charge in [-0.15, -0.1) is 0 Å². The Balaban J connectivity index is 1.23. The van der Waals surface area contributed by atoms with Gasteiger partial charge in [-0.1, -0.05) is 23.9 Å². The smallest absolute Gasteiger partial charge is 0.233 e. The van der Waals surface area contributed by atoms with Crippen molar-refractivity contribution < 1.29 is 13.9 Å². The number of fused-ring (bicyclic) bond motifs is 1. The Bertz CT molecular complexity index is 1300. The summed E-state index contributed by atoms with van der Waals surface area (Å²) in [6.07, 6.45) is 3.49. The van der Waals surface area contributed by atoms with Crippen LogP contribution in [0.25, 0.3) is 16.8 Å². The van der Waals surface area contributed by atoms with Gasteiger partial charge in [0.25, 0.3) is 0 Å². The molecule has 9 heteroatoms. The van der Waals surface area contributed by atoms with E-state index < -0.39 is 0 Å². The number of benzene rings is 2. The van der Waals surface area contributed by atoms with Gasteiger partial charge in [0.15, 0.2) is 0 Å². The largest absolute Gasteiger partial charge is 0.497 e. The molecule has 1 aliphatic rings. The number of halogens is 1. The number of hydrogen-bond donors (Lipinski definition) is 0. The molecular formula is C25H24FN5O2S. The number of para-hydroxylation sites is 1. The second-order valence-corrected chi connectivity index (χ2v) is 8.89. The Morgan fingerprint density at radius 3 is 2.59 bits per heavy atom. The van der Waals surface area contributed by atoms with E-state index in [0.29, 0.717) is 31.9 Å². The van der Waals surface area contributed by atoms with E-state index >= 15 is 0 Å². The number of methoxy groups -OCH3 is 1. The fraction of sp³-hybridized carbons (Fsp3) is 0.240. The summed E-state index contributed by atoms with van der Waals surface area (Å²) in [5, 5.41) is 5.41. The first-order valence-electron chi connectivity index (χ1n) is 11.0. The molecule has 5 rings (SSSR count). The van der Waals surface area contributed by atoms with Crippen LogP contribution in [0.5, 0.6) is 5.75 Å². The van der Waals surface area contributed by atoms with Crippen molar-refractivity contribution in [2.24, 2.45) is 0 Å². The summed E-state index contributed by atoms with van der Waals surface area (Å²) in [6.45, 7) is 2.36. The van der Waals surface area contributed by atoms with Gasteiger partial charge in [0, 0.05) is 44.1 Å². The molecule has 4 aromatic rings. The molecule has 0 bridgehead atoms. The highest BCUT2D eigenvalue weighted by molar-refractivity contribution is 8.00. The van der Waals surface area contributed by atoms with Crippen LogP contribution in [0.15, 0.2) is 72.0 Å². The van der Waals surface area contributed by atoms with Gasteiger partial charge in [0.05, 0.1) is 29.8 Å². The number of thioether (sulfide) groups is 1. The number of carbonyl (C=O) groups is 1. The molecule has 2 aromatic carbocycles. The molecule has 34 heavy (non-hydrogen) atoms. The molecule has 1 amide bonds. The number of aromatic nitrogens is 3. The molecule has 3 heterocycles. The van der Waals surface area contributed by atoms with Crippen LogP contribution in [0, 0.1) is 5.82 Å². The van der Waals surface area contributed by atoms with Crippen molar-refractivity contribution in [3.63, 3.8) is 0 Å². The second kappa shape index (κ2) is 9.72. The fourth-order valence-electron chi connectivity index (χ4n) is 4.04. The normalized spacial score (nSPS) is 13.9. The van der Waals surface area contributed by atoms with Crippen molar-refractivity contribution in [3.05, 3.63) is 72.8 Å². The van der Waals surface area contributed by atoms with Gasteiger partial charge < -0.3 is 14.5 Å². The summed E-state index contributed by atoms with van der Waals surface area (Å²) in [7, 11) is 1.64. The second-order valence-electron chi connectivity index (χ2n) is 7.93. The lowest BCUT2D eigenvalue weighted by molar-refractivity contribution is -0.128. The van der Waals surface area contributed by atoms with Crippen molar-refractivity contribution in [2.45, 2.75) is 5.03 Å². The minimum atomic E-state index is -0.230. The third kappa shape index (κ3) is 4.56. The molecule has 2 aromatic heterocycles. The molecule has 1 fully saturated rings. The average molecular weight is 478 g/mol. The van der Waals surface area contributed by atoms with E-state index in [2.05, 4.69) is 10.1 Å². The molecule has 0 unspecified atom stereocenters. The molecule has 1 saturated heterocycles. The zero-order valence-corrected chi connectivity index (χ0v) is 19.5. The summed E-state index contributed by atoms with van der Waals surface area (Å²) in [5.74, 6) is 0.900. The van der Waals surface area contributed by atoms with Gasteiger partial charge in [-0.05, 0) is 42.5 Å². The minimum Gasteiger partial charge on any atom is -0.497 e. The van der Waals surface area contributed by atoms with Gasteiger partial charge >= 0.3 is 0 Å². The molecule has 0 atom stereocenters. The van der Waals surface area contributed by atoms with Crippen molar-refractivity contribution in [1.82, 2.24) is 19.5 Å². The van der Waals surface area contributed by atoms with E-state index in [4.69, 9.17) is 4.74 Å². The standard InChI is InChI=1S/C25H24FN5O2S/c1-33-19-8-6-18(7-9-19)21-16-23-25(27-10-11-31(23)28-21)34-17-24(32)30-14-12-29(13-15-30)22-5-3-2-4-20(22)26/h2-11,16H,12-15,17H2,1H3. The Kier molecular flexibility index (Phi) is 6.35. The average Bonchev–Trinajstić information content (AvgIpc) is 3.33. The van der Waals surface area contributed by atoms with E-state index in [0.717, 1.165) is 27.5 Å². The van der Waals surface area contributed by atoms with Gasteiger partial charge in [-0.2, -0.15) is 5.10 Å². The van der Waals surface area contributed by atoms with Crippen LogP contribution in [-0.2, 0) is 4.79 Å². The highest BCUT2D eigenvalue weighted by atomic mass is 32.2. The summed E-state index contributed by atoms with van der Waals surface area (Å²) >= 11 is 1.41. The number of piperazine rings is 1. The topological polar surface area (TPSA) is 63.0 Å². The van der Waals surface area contributed by atoms with Crippen LogP contribution < -0.4 is 9.64 Å². The maximum Gasteiger partial charge on any atom is 0.233 e. The molecular weight excluding hydrogens is 453 g/mol. The Hall–Kier alpha value is -3.59. The first-order valence-corrected chi connectivity index (χ1v) is 12.0. The summed E-state index contributed by atoms with van der Waals surface area (Å²) in [5.41, 5.74) is 3.25. The van der Waals surface area contributed by atoms with E-state index in [-0.39, 0.29) is 17.5 Å². The molecule has 1 aliphatic heterocycles. The van der Waals surface area contributed by atoms with E-state index in [9.17, 15) is 9.18 Å². The first-order chi connectivity index (χ1) is 16.6. The summed E-state index contributed by atoms with van der Waals surface area (Å²) < 4.78 is 21.1. The zero-order chi connectivity index (χ0) is 23.5. The molecule has 0 saturated carbocycles. The van der Waals surface area contributed by atoms with E-state index in [1.54, 1.807) is 36.2 Å². The van der Waals surface area contributed by atoms with Gasteiger partial charge in [0.1, 0.15) is 16.6 Å². The lowest BCUT2D eigenvalue weighted by atomic mass is 10.1. The van der Waals surface area contributed by atoms with Crippen LogP contribution >= 0.6 is 11.8 Å². The highest BCUT2D eigenvalue weighted by Gasteiger charge is 2.23. The third-order valence-corrected chi connectivity index (χ3v) is 6.88. The first kappa shape index (κ1) is 22.2. The Morgan fingerprint density at radius 1 is 1.09 bits per heavy atom. The molecule has 0 aliphatic carbocycles. The molecule has 0 spiro atoms. The Morgan fingerprint density at radius 2 is 1.85 bits per heavy atom.